The molecule has 0 radical (unpaired) electrons. The van der Waals surface area contributed by atoms with Crippen LogP contribution in [0.1, 0.15) is 35.6 Å². The summed E-state index contributed by atoms with van der Waals surface area (Å²) in [5.41, 5.74) is 8.31. The molecule has 0 unspecified atom stereocenters. The summed E-state index contributed by atoms with van der Waals surface area (Å²) in [6.45, 7) is 4.26. The predicted octanol–water partition coefficient (Wildman–Crippen LogP) is 4.91. The number of nitrogens with zero attached hydrogens (tertiary/aromatic N) is 3. The van der Waals surface area contributed by atoms with E-state index in [0.717, 1.165) is 28.4 Å². The molecule has 4 heteroatoms. The van der Waals surface area contributed by atoms with Crippen LogP contribution in [0.5, 0.6) is 0 Å². The van der Waals surface area contributed by atoms with Crippen molar-refractivity contribution in [1.29, 1.82) is 0 Å². The summed E-state index contributed by atoms with van der Waals surface area (Å²) in [6.07, 6.45) is 4.49. The highest BCUT2D eigenvalue weighted by molar-refractivity contribution is 5.86. The van der Waals surface area contributed by atoms with Gasteiger partial charge in [0.25, 0.3) is 0 Å². The lowest BCUT2D eigenvalue weighted by Gasteiger charge is -2.08. The zero-order valence-electron chi connectivity index (χ0n) is 14.5. The number of aryl methyl sites for hydroxylation is 2. The molecule has 0 amide bonds. The molecule has 1 aliphatic carbocycles. The van der Waals surface area contributed by atoms with Crippen LogP contribution in [0.4, 0.5) is 0 Å². The summed E-state index contributed by atoms with van der Waals surface area (Å²) >= 11 is 0. The second kappa shape index (κ2) is 5.31. The molecule has 0 aliphatic heterocycles. The topological polar surface area (TPSA) is 46.5 Å². The number of hydrogen-bond acceptors (Lipinski definition) is 2. The van der Waals surface area contributed by atoms with Gasteiger partial charge in [-0.05, 0) is 61.9 Å². The normalized spacial score (nSPS) is 14.3. The highest BCUT2D eigenvalue weighted by atomic mass is 15.4. The smallest absolute Gasteiger partial charge is 0.0944 e. The van der Waals surface area contributed by atoms with Crippen molar-refractivity contribution in [2.45, 2.75) is 32.6 Å². The molecule has 2 heterocycles. The second-order valence-electron chi connectivity index (χ2n) is 7.03. The second-order valence-corrected chi connectivity index (χ2v) is 7.03. The third-order valence-electron chi connectivity index (χ3n) is 5.34. The van der Waals surface area contributed by atoms with Crippen LogP contribution in [-0.2, 0) is 0 Å². The summed E-state index contributed by atoms with van der Waals surface area (Å²) < 4.78 is 1.92. The minimum absolute atomic E-state index is 0.777. The fourth-order valence-electron chi connectivity index (χ4n) is 3.55. The number of H-pyrrole nitrogens is 1. The number of fused-ring (bicyclic) bond motifs is 1. The molecule has 0 atom stereocenters. The Kier molecular flexibility index (Phi) is 3.07. The van der Waals surface area contributed by atoms with Gasteiger partial charge in [0.2, 0.25) is 0 Å². The molecule has 1 N–H and O–H groups in total. The largest absolute Gasteiger partial charge is 0.358 e. The van der Waals surface area contributed by atoms with Crippen molar-refractivity contribution < 1.29 is 0 Å². The molecule has 1 saturated carbocycles. The lowest BCUT2D eigenvalue weighted by molar-refractivity contribution is 0.809. The fourth-order valence-corrected chi connectivity index (χ4v) is 3.55. The van der Waals surface area contributed by atoms with Crippen LogP contribution < -0.4 is 0 Å². The quantitative estimate of drug-likeness (QED) is 0.581. The van der Waals surface area contributed by atoms with E-state index in [4.69, 9.17) is 0 Å². The maximum atomic E-state index is 4.33. The number of aromatic nitrogens is 4. The highest BCUT2D eigenvalue weighted by Gasteiger charge is 2.23. The first kappa shape index (κ1) is 14.5. The van der Waals surface area contributed by atoms with Crippen LogP contribution in [0.2, 0.25) is 0 Å². The van der Waals surface area contributed by atoms with Crippen molar-refractivity contribution in [3.05, 3.63) is 65.5 Å². The molecule has 2 aromatic carbocycles. The zero-order valence-corrected chi connectivity index (χ0v) is 14.5. The summed E-state index contributed by atoms with van der Waals surface area (Å²) in [4.78, 5) is 3.42. The third-order valence-corrected chi connectivity index (χ3v) is 5.34. The maximum Gasteiger partial charge on any atom is 0.0944 e. The molecule has 1 aliphatic rings. The summed E-state index contributed by atoms with van der Waals surface area (Å²) in [6, 6.07) is 15.3. The van der Waals surface area contributed by atoms with Gasteiger partial charge in [-0.25, -0.2) is 4.68 Å². The summed E-state index contributed by atoms with van der Waals surface area (Å²) in [5.74, 6) is 0.777. The Bertz CT molecular complexity index is 1070. The average molecular weight is 328 g/mol. The molecule has 0 spiro atoms. The van der Waals surface area contributed by atoms with E-state index in [1.165, 1.54) is 35.0 Å². The first-order chi connectivity index (χ1) is 12.2. The summed E-state index contributed by atoms with van der Waals surface area (Å²) in [5, 5.41) is 9.73. The zero-order chi connectivity index (χ0) is 17.0. The van der Waals surface area contributed by atoms with Gasteiger partial charge in [-0.3, -0.25) is 0 Å². The molecule has 124 valence electrons. The lowest BCUT2D eigenvalue weighted by Crippen LogP contribution is -1.99. The standard InChI is InChI=1S/C21H20N4/c1-13-14(2)23-20-10-9-18(11-19(13)20)25-21(12-22-24-25)17-7-5-16(6-8-17)15-3-4-15/h5-12,15,23H,3-4H2,1-2H3. The van der Waals surface area contributed by atoms with E-state index in [1.54, 1.807) is 0 Å². The van der Waals surface area contributed by atoms with Gasteiger partial charge in [-0.15, -0.1) is 5.10 Å². The van der Waals surface area contributed by atoms with Gasteiger partial charge >= 0.3 is 0 Å². The van der Waals surface area contributed by atoms with Crippen LogP contribution in [0.25, 0.3) is 27.8 Å². The third kappa shape index (κ3) is 2.37. The lowest BCUT2D eigenvalue weighted by atomic mass is 10.1. The molecular weight excluding hydrogens is 308 g/mol. The van der Waals surface area contributed by atoms with Crippen molar-refractivity contribution in [3.63, 3.8) is 0 Å². The van der Waals surface area contributed by atoms with E-state index in [0.29, 0.717) is 0 Å². The molecule has 0 saturated heterocycles. The van der Waals surface area contributed by atoms with E-state index in [2.05, 4.69) is 71.6 Å². The fraction of sp³-hybridized carbons (Fsp3) is 0.238. The van der Waals surface area contributed by atoms with Gasteiger partial charge in [0.05, 0.1) is 17.6 Å². The monoisotopic (exact) mass is 328 g/mol. The van der Waals surface area contributed by atoms with Crippen LogP contribution in [0.3, 0.4) is 0 Å². The van der Waals surface area contributed by atoms with Gasteiger partial charge in [0.15, 0.2) is 0 Å². The Morgan fingerprint density at radius 2 is 1.84 bits per heavy atom. The Labute approximate surface area is 146 Å². The Morgan fingerprint density at radius 3 is 2.60 bits per heavy atom. The van der Waals surface area contributed by atoms with Crippen molar-refractivity contribution in [1.82, 2.24) is 20.0 Å². The number of nitrogens with one attached hydrogen (secondary N) is 1. The van der Waals surface area contributed by atoms with Crippen molar-refractivity contribution in [2.75, 3.05) is 0 Å². The van der Waals surface area contributed by atoms with Crippen LogP contribution in [0, 0.1) is 13.8 Å². The number of benzene rings is 2. The first-order valence-electron chi connectivity index (χ1n) is 8.81. The van der Waals surface area contributed by atoms with E-state index in [9.17, 15) is 0 Å². The van der Waals surface area contributed by atoms with Gasteiger partial charge in [-0.2, -0.15) is 0 Å². The molecule has 5 rings (SSSR count). The SMILES string of the molecule is Cc1[nH]c2ccc(-n3nncc3-c3ccc(C4CC4)cc3)cc2c1C. The molecule has 25 heavy (non-hydrogen) atoms. The van der Waals surface area contributed by atoms with Gasteiger partial charge in [-0.1, -0.05) is 29.5 Å². The van der Waals surface area contributed by atoms with Crippen LogP contribution in [-0.4, -0.2) is 20.0 Å². The van der Waals surface area contributed by atoms with E-state index < -0.39 is 0 Å². The molecule has 0 bridgehead atoms. The number of hydrogen-bond donors (Lipinski definition) is 1. The van der Waals surface area contributed by atoms with Crippen molar-refractivity contribution in [3.8, 4) is 16.9 Å². The first-order valence-corrected chi connectivity index (χ1v) is 8.81. The number of aromatic amines is 1. The number of rotatable bonds is 3. The predicted molar refractivity (Wildman–Crippen MR) is 100 cm³/mol. The molecule has 4 nitrogen and oxygen atoms in total. The molecule has 1 fully saturated rings. The Balaban J connectivity index is 1.59. The van der Waals surface area contributed by atoms with E-state index in [-0.39, 0.29) is 0 Å². The highest BCUT2D eigenvalue weighted by Crippen LogP contribution is 2.40. The van der Waals surface area contributed by atoms with Crippen molar-refractivity contribution >= 4 is 10.9 Å². The van der Waals surface area contributed by atoms with Crippen molar-refractivity contribution in [2.24, 2.45) is 0 Å². The minimum atomic E-state index is 0.777. The van der Waals surface area contributed by atoms with Gasteiger partial charge < -0.3 is 4.98 Å². The Morgan fingerprint density at radius 1 is 1.04 bits per heavy atom. The van der Waals surface area contributed by atoms with Crippen LogP contribution in [0.15, 0.2) is 48.7 Å². The minimum Gasteiger partial charge on any atom is -0.358 e. The van der Waals surface area contributed by atoms with Crippen LogP contribution >= 0.6 is 0 Å². The average Bonchev–Trinajstić information content (AvgIpc) is 3.31. The van der Waals surface area contributed by atoms with Gasteiger partial charge in [0, 0.05) is 22.2 Å². The maximum absolute atomic E-state index is 4.33. The van der Waals surface area contributed by atoms with E-state index in [1.807, 2.05) is 10.9 Å². The Hall–Kier alpha value is -2.88. The van der Waals surface area contributed by atoms with Gasteiger partial charge in [0.1, 0.15) is 0 Å². The molecule has 4 aromatic rings. The summed E-state index contributed by atoms with van der Waals surface area (Å²) in [7, 11) is 0. The molecule has 2 aromatic heterocycles. The van der Waals surface area contributed by atoms with E-state index >= 15 is 0 Å². The molecular formula is C21H20N4.